The van der Waals surface area contributed by atoms with Crippen molar-refractivity contribution in [2.75, 3.05) is 0 Å². The molecule has 6 heteroatoms. The fourth-order valence-electron chi connectivity index (χ4n) is 1.50. The van der Waals surface area contributed by atoms with Crippen molar-refractivity contribution in [1.82, 2.24) is 24.9 Å². The summed E-state index contributed by atoms with van der Waals surface area (Å²) in [7, 11) is 1.85. The number of aromatic nitrogens is 4. The van der Waals surface area contributed by atoms with Crippen molar-refractivity contribution >= 4 is 5.91 Å². The van der Waals surface area contributed by atoms with E-state index in [4.69, 9.17) is 0 Å². The molecule has 1 N–H and O–H groups in total. The first kappa shape index (κ1) is 11.4. The van der Waals surface area contributed by atoms with Crippen molar-refractivity contribution in [2.24, 2.45) is 7.05 Å². The van der Waals surface area contributed by atoms with Gasteiger partial charge in [-0.1, -0.05) is 0 Å². The van der Waals surface area contributed by atoms with Gasteiger partial charge in [-0.15, -0.1) is 0 Å². The zero-order valence-electron chi connectivity index (χ0n) is 9.92. The molecule has 0 saturated carbocycles. The van der Waals surface area contributed by atoms with Gasteiger partial charge in [0.1, 0.15) is 6.54 Å². The Bertz CT molecular complexity index is 513. The first-order chi connectivity index (χ1) is 8.15. The lowest BCUT2D eigenvalue weighted by molar-refractivity contribution is -0.122. The monoisotopic (exact) mass is 233 g/mol. The number of carbonyl (C=O) groups excluding carboxylic acids is 1. The van der Waals surface area contributed by atoms with Crippen LogP contribution in [0, 0.1) is 6.92 Å². The minimum Gasteiger partial charge on any atom is -0.349 e. The van der Waals surface area contributed by atoms with Crippen LogP contribution in [-0.2, 0) is 24.9 Å². The lowest BCUT2D eigenvalue weighted by Gasteiger charge is -2.05. The average Bonchev–Trinajstić information content (AvgIpc) is 2.86. The molecule has 90 valence electrons. The minimum atomic E-state index is -0.0672. The topological polar surface area (TPSA) is 64.7 Å². The lowest BCUT2D eigenvalue weighted by atomic mass is 10.4. The Kier molecular flexibility index (Phi) is 3.22. The molecular weight excluding hydrogens is 218 g/mol. The Hall–Kier alpha value is -2.11. The van der Waals surface area contributed by atoms with Gasteiger partial charge in [-0.2, -0.15) is 10.2 Å². The summed E-state index contributed by atoms with van der Waals surface area (Å²) in [5, 5.41) is 11.0. The van der Waals surface area contributed by atoms with Crippen LogP contribution in [-0.4, -0.2) is 25.5 Å². The highest BCUT2D eigenvalue weighted by Crippen LogP contribution is 1.96. The quantitative estimate of drug-likeness (QED) is 0.822. The molecule has 0 aliphatic carbocycles. The Morgan fingerprint density at radius 3 is 2.88 bits per heavy atom. The van der Waals surface area contributed by atoms with Gasteiger partial charge in [0.15, 0.2) is 0 Å². The van der Waals surface area contributed by atoms with Gasteiger partial charge in [0.2, 0.25) is 5.91 Å². The highest BCUT2D eigenvalue weighted by Gasteiger charge is 2.05. The smallest absolute Gasteiger partial charge is 0.242 e. The normalized spacial score (nSPS) is 10.5. The molecule has 0 bridgehead atoms. The van der Waals surface area contributed by atoms with Crippen molar-refractivity contribution in [2.45, 2.75) is 20.0 Å². The molecular formula is C11H15N5O. The molecule has 6 nitrogen and oxygen atoms in total. The van der Waals surface area contributed by atoms with E-state index in [-0.39, 0.29) is 12.5 Å². The van der Waals surface area contributed by atoms with Gasteiger partial charge in [0.05, 0.1) is 12.2 Å². The molecule has 2 aromatic heterocycles. The van der Waals surface area contributed by atoms with E-state index in [0.717, 1.165) is 11.4 Å². The van der Waals surface area contributed by atoms with Crippen LogP contribution in [0.2, 0.25) is 0 Å². The fraction of sp³-hybridized carbons (Fsp3) is 0.364. The molecule has 0 radical (unpaired) electrons. The molecule has 0 atom stereocenters. The Morgan fingerprint density at radius 2 is 2.29 bits per heavy atom. The number of nitrogens with one attached hydrogen (secondary N) is 1. The van der Waals surface area contributed by atoms with Crippen LogP contribution in [0.4, 0.5) is 0 Å². The van der Waals surface area contributed by atoms with E-state index >= 15 is 0 Å². The van der Waals surface area contributed by atoms with Gasteiger partial charge < -0.3 is 5.32 Å². The number of hydrogen-bond donors (Lipinski definition) is 1. The third-order valence-corrected chi connectivity index (χ3v) is 2.46. The predicted octanol–water partition coefficient (Wildman–Crippen LogP) is 0.241. The minimum absolute atomic E-state index is 0.0672. The van der Waals surface area contributed by atoms with E-state index in [1.165, 1.54) is 0 Å². The van der Waals surface area contributed by atoms with Gasteiger partial charge >= 0.3 is 0 Å². The SMILES string of the molecule is Cc1ccnn1CC(=O)NCc1ccn(C)n1. The van der Waals surface area contributed by atoms with Gasteiger partial charge in [-0.25, -0.2) is 0 Å². The number of nitrogens with zero attached hydrogens (tertiary/aromatic N) is 4. The first-order valence-electron chi connectivity index (χ1n) is 5.39. The molecule has 0 aliphatic rings. The average molecular weight is 233 g/mol. The van der Waals surface area contributed by atoms with Crippen LogP contribution in [0.3, 0.4) is 0 Å². The maximum Gasteiger partial charge on any atom is 0.242 e. The van der Waals surface area contributed by atoms with Crippen molar-refractivity contribution in [1.29, 1.82) is 0 Å². The number of carbonyl (C=O) groups is 1. The van der Waals surface area contributed by atoms with Crippen LogP contribution in [0.25, 0.3) is 0 Å². The molecule has 2 rings (SSSR count). The van der Waals surface area contributed by atoms with Crippen LogP contribution in [0.1, 0.15) is 11.4 Å². The van der Waals surface area contributed by atoms with E-state index < -0.39 is 0 Å². The molecule has 0 aromatic carbocycles. The van der Waals surface area contributed by atoms with Crippen molar-refractivity contribution in [3.05, 3.63) is 35.9 Å². The lowest BCUT2D eigenvalue weighted by Crippen LogP contribution is -2.28. The summed E-state index contributed by atoms with van der Waals surface area (Å²) in [6.07, 6.45) is 3.53. The summed E-state index contributed by atoms with van der Waals surface area (Å²) in [4.78, 5) is 11.6. The second-order valence-corrected chi connectivity index (χ2v) is 3.89. The maximum atomic E-state index is 11.6. The number of rotatable bonds is 4. The third-order valence-electron chi connectivity index (χ3n) is 2.46. The summed E-state index contributed by atoms with van der Waals surface area (Å²) >= 11 is 0. The molecule has 0 fully saturated rings. The maximum absolute atomic E-state index is 11.6. The number of amides is 1. The molecule has 2 heterocycles. The summed E-state index contributed by atoms with van der Waals surface area (Å²) in [6, 6.07) is 3.74. The molecule has 1 amide bonds. The van der Waals surface area contributed by atoms with Gasteiger partial charge in [0.25, 0.3) is 0 Å². The summed E-state index contributed by atoms with van der Waals surface area (Å²) < 4.78 is 3.37. The van der Waals surface area contributed by atoms with Crippen molar-refractivity contribution < 1.29 is 4.79 Å². The Morgan fingerprint density at radius 1 is 1.47 bits per heavy atom. The first-order valence-corrected chi connectivity index (χ1v) is 5.39. The van der Waals surface area contributed by atoms with Crippen LogP contribution in [0.5, 0.6) is 0 Å². The molecule has 0 aliphatic heterocycles. The third kappa shape index (κ3) is 2.93. The summed E-state index contributed by atoms with van der Waals surface area (Å²) in [5.74, 6) is -0.0672. The highest BCUT2D eigenvalue weighted by atomic mass is 16.2. The van der Waals surface area contributed by atoms with Gasteiger partial charge in [-0.05, 0) is 19.1 Å². The second-order valence-electron chi connectivity index (χ2n) is 3.89. The van der Waals surface area contributed by atoms with E-state index in [1.54, 1.807) is 15.6 Å². The number of hydrogen-bond acceptors (Lipinski definition) is 3. The zero-order chi connectivity index (χ0) is 12.3. The summed E-state index contributed by atoms with van der Waals surface area (Å²) in [6.45, 7) is 2.60. The zero-order valence-corrected chi connectivity index (χ0v) is 9.92. The molecule has 17 heavy (non-hydrogen) atoms. The molecule has 2 aromatic rings. The fourth-order valence-corrected chi connectivity index (χ4v) is 1.50. The van der Waals surface area contributed by atoms with Gasteiger partial charge in [-0.3, -0.25) is 14.2 Å². The van der Waals surface area contributed by atoms with Crippen LogP contribution < -0.4 is 5.32 Å². The van der Waals surface area contributed by atoms with E-state index in [9.17, 15) is 4.79 Å². The van der Waals surface area contributed by atoms with Crippen LogP contribution in [0.15, 0.2) is 24.5 Å². The standard InChI is InChI=1S/C11H15N5O/c1-9-3-5-13-16(9)8-11(17)12-7-10-4-6-15(2)14-10/h3-6H,7-8H2,1-2H3,(H,12,17). The largest absolute Gasteiger partial charge is 0.349 e. The van der Waals surface area contributed by atoms with E-state index in [2.05, 4.69) is 15.5 Å². The summed E-state index contributed by atoms with van der Waals surface area (Å²) in [5.41, 5.74) is 1.82. The molecule has 0 unspecified atom stereocenters. The van der Waals surface area contributed by atoms with Gasteiger partial charge in [0, 0.05) is 25.1 Å². The van der Waals surface area contributed by atoms with Crippen molar-refractivity contribution in [3.8, 4) is 0 Å². The van der Waals surface area contributed by atoms with Crippen LogP contribution >= 0.6 is 0 Å². The molecule has 0 saturated heterocycles. The Balaban J connectivity index is 1.84. The predicted molar refractivity (Wildman–Crippen MR) is 62.0 cm³/mol. The highest BCUT2D eigenvalue weighted by molar-refractivity contribution is 5.75. The number of aryl methyl sites for hydroxylation is 2. The second kappa shape index (κ2) is 4.82. The Labute approximate surface area is 99.2 Å². The van der Waals surface area contributed by atoms with E-state index in [1.807, 2.05) is 32.3 Å². The van der Waals surface area contributed by atoms with Crippen molar-refractivity contribution in [3.63, 3.8) is 0 Å². The molecule has 0 spiro atoms. The van der Waals surface area contributed by atoms with E-state index in [0.29, 0.717) is 6.54 Å².